The molecule has 0 aliphatic heterocycles. The Bertz CT molecular complexity index is 290. The lowest BCUT2D eigenvalue weighted by molar-refractivity contribution is -0.148. The molecule has 0 unspecified atom stereocenters. The quantitative estimate of drug-likeness (QED) is 0.685. The van der Waals surface area contributed by atoms with Gasteiger partial charge in [-0.1, -0.05) is 30.3 Å². The lowest BCUT2D eigenvalue weighted by atomic mass is 10.4. The molecule has 3 heteroatoms. The maximum absolute atomic E-state index is 10.7. The van der Waals surface area contributed by atoms with Crippen LogP contribution < -0.4 is 0 Å². The van der Waals surface area contributed by atoms with Crippen molar-refractivity contribution in [2.75, 3.05) is 0 Å². The van der Waals surface area contributed by atoms with Gasteiger partial charge in [0, 0.05) is 6.42 Å². The summed E-state index contributed by atoms with van der Waals surface area (Å²) >= 11 is 0. The van der Waals surface area contributed by atoms with Gasteiger partial charge in [0.05, 0.1) is 0 Å². The highest BCUT2D eigenvalue weighted by Crippen LogP contribution is 1.99. The predicted octanol–water partition coefficient (Wildman–Crippen LogP) is 0.883. The maximum atomic E-state index is 10.7. The van der Waals surface area contributed by atoms with Gasteiger partial charge in [0.15, 0.2) is 0 Å². The number of hydrogen-bond donors (Lipinski definition) is 1. The Morgan fingerprint density at radius 3 is 2.25 bits per heavy atom. The van der Waals surface area contributed by atoms with E-state index in [0.717, 1.165) is 5.56 Å². The van der Waals surface area contributed by atoms with Crippen molar-refractivity contribution in [3.05, 3.63) is 35.9 Å². The molecule has 0 atom stereocenters. The van der Waals surface area contributed by atoms with Crippen LogP contribution in [0.3, 0.4) is 0 Å². The monoisotopic (exact) mass is 170 g/mol. The second kappa shape index (κ2) is 3.67. The van der Waals surface area contributed by atoms with Crippen molar-refractivity contribution in [1.29, 1.82) is 0 Å². The summed E-state index contributed by atoms with van der Waals surface area (Å²) in [4.78, 5) is 20.9. The summed E-state index contributed by atoms with van der Waals surface area (Å²) in [5, 5.41) is 8.29. The van der Waals surface area contributed by atoms with Crippen LogP contribution >= 0.6 is 0 Å². The molecular weight excluding hydrogens is 162 g/mol. The van der Waals surface area contributed by atoms with Gasteiger partial charge in [-0.15, -0.1) is 0 Å². The summed E-state index contributed by atoms with van der Waals surface area (Å²) < 4.78 is 0. The molecule has 1 rings (SSSR count). The van der Waals surface area contributed by atoms with Crippen molar-refractivity contribution in [2.24, 2.45) is 0 Å². The highest BCUT2D eigenvalue weighted by Gasteiger charge is 2.10. The van der Waals surface area contributed by atoms with Crippen LogP contribution in [0.15, 0.2) is 30.3 Å². The Labute approximate surface area is 69.6 Å². The van der Waals surface area contributed by atoms with E-state index < -0.39 is 11.8 Å². The molecule has 0 fully saturated rings. The zero-order valence-electron chi connectivity index (χ0n) is 6.36. The smallest absolute Gasteiger partial charge is 0.372 e. The number of hydrogen-bond acceptors (Lipinski definition) is 2. The first-order valence-electron chi connectivity index (χ1n) is 3.50. The minimum absolute atomic E-state index is 0.0316. The lowest BCUT2D eigenvalue weighted by Gasteiger charge is -1.94. The molecule has 0 spiro atoms. The van der Waals surface area contributed by atoms with Crippen LogP contribution in [0.1, 0.15) is 5.56 Å². The summed E-state index contributed by atoms with van der Waals surface area (Å²) in [5.74, 6) is -2.15. The Hall–Kier alpha value is -1.64. The van der Waals surface area contributed by atoms with E-state index in [1.807, 2.05) is 6.07 Å². The minimum Gasteiger partial charge on any atom is -0.475 e. The molecule has 1 aromatic carbocycles. The van der Waals surface area contributed by atoms with E-state index in [2.05, 4.69) is 0 Å². The molecule has 3 nitrogen and oxygen atoms in total. The number of carbonyl (C=O) groups excluding carboxylic acids is 1. The first-order valence-corrected chi connectivity index (χ1v) is 3.50. The summed E-state index contributed by atoms with van der Waals surface area (Å²) in [5.41, 5.74) is 0.727. The normalized spacial score (nSPS) is 9.33. The van der Waals surface area contributed by atoms with Crippen LogP contribution in [0.4, 0.5) is 0 Å². The first kappa shape index (κ1) is 8.46. The van der Waals surface area contributed by atoms with Gasteiger partial charge < -0.3 is 5.11 Å². The Morgan fingerprint density at radius 2 is 1.75 bits per heavy atom. The number of ketones is 1. The van der Waals surface area contributed by atoms with Gasteiger partial charge in [-0.05, 0) is 5.56 Å². The fourth-order valence-corrected chi connectivity index (χ4v) is 0.857. The van der Waals surface area contributed by atoms with Crippen LogP contribution in [-0.2, 0) is 16.0 Å². The third kappa shape index (κ3) is 2.20. The molecule has 1 aromatic rings. The Balaban J connectivity index is 2.65. The largest absolute Gasteiger partial charge is 0.475 e. The molecule has 0 aliphatic rings. The number of aliphatic carboxylic acids is 1. The van der Waals surface area contributed by atoms with Crippen LogP contribution in [0, 0.1) is 0 Å². The fourth-order valence-electron chi connectivity index (χ4n) is 0.857. The lowest BCUT2D eigenvalue weighted by Crippen LogP contribution is -2.14. The van der Waals surface area contributed by atoms with E-state index in [9.17, 15) is 9.59 Å². The molecule has 0 aromatic heterocycles. The molecule has 0 saturated heterocycles. The van der Waals surface area contributed by atoms with Crippen molar-refractivity contribution in [1.82, 2.24) is 0 Å². The second-order valence-corrected chi connectivity index (χ2v) is 2.39. The third-order valence-corrected chi connectivity index (χ3v) is 1.45. The van der Waals surface area contributed by atoms with Crippen molar-refractivity contribution >= 4 is 11.8 Å². The third-order valence-electron chi connectivity index (χ3n) is 1.45. The van der Waals surface area contributed by atoms with E-state index in [0.29, 0.717) is 0 Å². The second-order valence-electron chi connectivity index (χ2n) is 2.39. The summed E-state index contributed by atoms with van der Waals surface area (Å²) in [6, 6.07) is 8.80. The van der Waals surface area contributed by atoms with E-state index in [1.54, 1.807) is 24.3 Å². The average Bonchev–Trinajstić information content (AvgIpc) is 2.06. The van der Waals surface area contributed by atoms with E-state index >= 15 is 0 Å². The van der Waals surface area contributed by atoms with Gasteiger partial charge >= 0.3 is 5.97 Å². The number of rotatable bonds is 3. The van der Waals surface area contributed by atoms with Gasteiger partial charge in [-0.3, -0.25) is 4.79 Å². The van der Waals surface area contributed by atoms with Gasteiger partial charge in [0.2, 0.25) is 5.78 Å². The van der Waals surface area contributed by atoms with E-state index in [1.165, 1.54) is 0 Å². The molecule has 12 heavy (non-hydrogen) atoms. The molecule has 0 radical (unpaired) electrons. The summed E-state index contributed by atoms with van der Waals surface area (Å²) in [6.45, 7) is 0. The number of carboxylic acids is 1. The fraction of sp³-hybridized carbons (Fsp3) is 0.111. The van der Waals surface area contributed by atoms with Crippen molar-refractivity contribution in [2.45, 2.75) is 6.42 Å². The first-order chi connectivity index (χ1) is 5.70. The van der Waals surface area contributed by atoms with Gasteiger partial charge in [-0.25, -0.2) is 4.79 Å². The van der Waals surface area contributed by atoms with Gasteiger partial charge in [-0.2, -0.15) is 0 Å². The van der Waals surface area contributed by atoms with Gasteiger partial charge in [0.25, 0.3) is 0 Å². The van der Waals surface area contributed by atoms with Crippen LogP contribution in [0.2, 0.25) is 0 Å². The van der Waals surface area contributed by atoms with Crippen molar-refractivity contribution < 1.29 is 14.7 Å². The van der Waals surface area contributed by atoms with Crippen LogP contribution in [-0.4, -0.2) is 16.9 Å². The van der Waals surface area contributed by atoms with Gasteiger partial charge in [0.1, 0.15) is 0 Å². The SMILES string of the molecule is O=C(O)C(=O)C[13c]1[13cH][13cH][13cH][13cH][13cH]1. The molecule has 0 heterocycles. The Morgan fingerprint density at radius 1 is 1.17 bits per heavy atom. The maximum Gasteiger partial charge on any atom is 0.372 e. The standard InChI is InChI=1S/C9H8O3/c10-8(9(11)12)6-7-4-2-1-3-5-7/h1-5H,6H2,(H,11,12)/i1+1,2+1,3+1,4+1,5+1,7+1. The zero-order chi connectivity index (χ0) is 8.97. The number of Topliss-reactive ketones (excluding diaryl/α,β-unsaturated/α-hetero) is 1. The predicted molar refractivity (Wildman–Crippen MR) is 42.8 cm³/mol. The van der Waals surface area contributed by atoms with Crippen molar-refractivity contribution in [3.63, 3.8) is 0 Å². The Kier molecular flexibility index (Phi) is 2.58. The molecule has 1 N–H and O–H groups in total. The summed E-state index contributed by atoms with van der Waals surface area (Å²) in [6.07, 6.45) is -0.0316. The highest BCUT2D eigenvalue weighted by molar-refractivity contribution is 6.33. The van der Waals surface area contributed by atoms with Crippen LogP contribution in [0.25, 0.3) is 0 Å². The highest BCUT2D eigenvalue weighted by atomic mass is 16.4. The topological polar surface area (TPSA) is 54.4 Å². The molecular formula is C9H8O3. The van der Waals surface area contributed by atoms with E-state index in [-0.39, 0.29) is 6.42 Å². The summed E-state index contributed by atoms with van der Waals surface area (Å²) in [7, 11) is 0. The van der Waals surface area contributed by atoms with E-state index in [4.69, 9.17) is 5.11 Å². The molecule has 0 bridgehead atoms. The minimum atomic E-state index is -1.38. The van der Waals surface area contributed by atoms with Crippen LogP contribution in [0.5, 0.6) is 0 Å². The van der Waals surface area contributed by atoms with Crippen molar-refractivity contribution in [3.8, 4) is 0 Å². The molecule has 0 amide bonds. The number of carbonyl (C=O) groups is 2. The number of benzene rings is 1. The molecule has 0 aliphatic carbocycles. The molecule has 62 valence electrons. The zero-order valence-corrected chi connectivity index (χ0v) is 6.36. The number of carboxylic acid groups (broad SMARTS) is 1. The molecule has 0 saturated carbocycles. The average molecular weight is 170 g/mol.